The molecule has 0 saturated carbocycles. The van der Waals surface area contributed by atoms with Crippen molar-refractivity contribution in [3.63, 3.8) is 0 Å². The Balaban J connectivity index is 1.36. The highest BCUT2D eigenvalue weighted by atomic mass is 16.2. The van der Waals surface area contributed by atoms with Crippen LogP contribution in [0.2, 0.25) is 0 Å². The van der Waals surface area contributed by atoms with Crippen molar-refractivity contribution in [2.45, 2.75) is 26.7 Å². The fraction of sp³-hybridized carbons (Fsp3) is 0.269. The fourth-order valence-electron chi connectivity index (χ4n) is 4.25. The summed E-state index contributed by atoms with van der Waals surface area (Å²) < 4.78 is 0. The first-order valence-electron chi connectivity index (χ1n) is 11.1. The summed E-state index contributed by atoms with van der Waals surface area (Å²) in [6, 6.07) is 18.7. The quantitative estimate of drug-likeness (QED) is 0.527. The van der Waals surface area contributed by atoms with E-state index in [1.807, 2.05) is 48.5 Å². The van der Waals surface area contributed by atoms with Crippen LogP contribution in [0.15, 0.2) is 60.7 Å². The van der Waals surface area contributed by atoms with Gasteiger partial charge in [0.15, 0.2) is 0 Å². The Labute approximate surface area is 187 Å². The Kier molecular flexibility index (Phi) is 6.21. The van der Waals surface area contributed by atoms with Crippen molar-refractivity contribution in [1.82, 2.24) is 4.90 Å². The molecule has 164 valence electrons. The molecule has 3 aromatic carbocycles. The average molecular weight is 430 g/mol. The van der Waals surface area contributed by atoms with Crippen LogP contribution < -0.4 is 10.2 Å². The predicted molar refractivity (Wildman–Crippen MR) is 127 cm³/mol. The molecule has 6 nitrogen and oxygen atoms in total. The smallest absolute Gasteiger partial charge is 0.261 e. The van der Waals surface area contributed by atoms with Gasteiger partial charge in [-0.15, -0.1) is 0 Å². The molecule has 0 aliphatic carbocycles. The second-order valence-electron chi connectivity index (χ2n) is 7.84. The van der Waals surface area contributed by atoms with Crippen molar-refractivity contribution in [2.24, 2.45) is 0 Å². The lowest BCUT2D eigenvalue weighted by molar-refractivity contribution is -0.116. The lowest BCUT2D eigenvalue weighted by Gasteiger charge is -2.27. The van der Waals surface area contributed by atoms with Gasteiger partial charge in [-0.3, -0.25) is 19.3 Å². The van der Waals surface area contributed by atoms with Gasteiger partial charge in [-0.25, -0.2) is 0 Å². The maximum Gasteiger partial charge on any atom is 0.261 e. The molecule has 3 amide bonds. The molecule has 4 rings (SSSR count). The number of rotatable bonds is 8. The highest BCUT2D eigenvalue weighted by molar-refractivity contribution is 6.25. The summed E-state index contributed by atoms with van der Waals surface area (Å²) in [6.07, 6.45) is 0.625. The first-order chi connectivity index (χ1) is 15.5. The first kappa shape index (κ1) is 21.6. The number of carbonyl (C=O) groups excluding carboxylic acids is 3. The van der Waals surface area contributed by atoms with Gasteiger partial charge in [-0.2, -0.15) is 0 Å². The van der Waals surface area contributed by atoms with Crippen molar-refractivity contribution in [3.05, 3.63) is 71.8 Å². The van der Waals surface area contributed by atoms with E-state index in [0.29, 0.717) is 22.9 Å². The minimum Gasteiger partial charge on any atom is -0.372 e. The summed E-state index contributed by atoms with van der Waals surface area (Å²) >= 11 is 0. The number of hydrogen-bond donors (Lipinski definition) is 1. The summed E-state index contributed by atoms with van der Waals surface area (Å²) in [5.41, 5.74) is 2.92. The summed E-state index contributed by atoms with van der Waals surface area (Å²) in [5, 5.41) is 4.49. The third-order valence-corrected chi connectivity index (χ3v) is 5.92. The molecule has 0 saturated heterocycles. The molecule has 0 bridgehead atoms. The van der Waals surface area contributed by atoms with Gasteiger partial charge >= 0.3 is 0 Å². The Hall–Kier alpha value is -3.67. The van der Waals surface area contributed by atoms with Crippen LogP contribution in [-0.4, -0.2) is 42.3 Å². The molecule has 0 fully saturated rings. The molecular weight excluding hydrogens is 402 g/mol. The Morgan fingerprint density at radius 1 is 0.875 bits per heavy atom. The molecule has 6 heteroatoms. The van der Waals surface area contributed by atoms with E-state index in [9.17, 15) is 14.4 Å². The maximum atomic E-state index is 12.9. The molecule has 32 heavy (non-hydrogen) atoms. The lowest BCUT2D eigenvalue weighted by Crippen LogP contribution is -2.41. The van der Waals surface area contributed by atoms with Crippen LogP contribution in [0.1, 0.15) is 47.4 Å². The second-order valence-corrected chi connectivity index (χ2v) is 7.84. The number of nitrogens with zero attached hydrogens (tertiary/aromatic N) is 2. The van der Waals surface area contributed by atoms with Gasteiger partial charge in [0.25, 0.3) is 11.8 Å². The zero-order valence-corrected chi connectivity index (χ0v) is 18.4. The minimum absolute atomic E-state index is 0.139. The van der Waals surface area contributed by atoms with E-state index in [1.54, 1.807) is 12.1 Å². The molecule has 0 radical (unpaired) electrons. The van der Waals surface area contributed by atoms with Crippen molar-refractivity contribution < 1.29 is 14.4 Å². The zero-order valence-electron chi connectivity index (χ0n) is 18.4. The van der Waals surface area contributed by atoms with Gasteiger partial charge < -0.3 is 10.2 Å². The molecule has 1 aliphatic heterocycles. The van der Waals surface area contributed by atoms with E-state index in [0.717, 1.165) is 29.9 Å². The van der Waals surface area contributed by atoms with Crippen LogP contribution in [0.4, 0.5) is 11.4 Å². The predicted octanol–water partition coefficient (Wildman–Crippen LogP) is 4.70. The number of hydrogen-bond acceptors (Lipinski definition) is 4. The number of carbonyl (C=O) groups is 3. The number of benzene rings is 3. The van der Waals surface area contributed by atoms with Crippen LogP contribution in [0, 0.1) is 0 Å². The van der Waals surface area contributed by atoms with Crippen molar-refractivity contribution in [1.29, 1.82) is 0 Å². The average Bonchev–Trinajstić information content (AvgIpc) is 2.81. The number of amides is 3. The summed E-state index contributed by atoms with van der Waals surface area (Å²) in [7, 11) is 0. The number of anilines is 2. The Bertz CT molecular complexity index is 1120. The van der Waals surface area contributed by atoms with Gasteiger partial charge in [-0.05, 0) is 62.1 Å². The molecule has 1 aliphatic rings. The molecular formula is C26H27N3O3. The largest absolute Gasteiger partial charge is 0.372 e. The standard InChI is InChI=1S/C26H27N3O3/c1-3-28(4-2)20-15-13-19(14-16-20)27-23(30)12-7-17-29-25(31)21-10-5-8-18-9-6-11-22(24(18)21)26(29)32/h5-6,8-11,13-16H,3-4,7,12,17H2,1-2H3,(H,27,30). The van der Waals surface area contributed by atoms with Crippen LogP contribution >= 0.6 is 0 Å². The third-order valence-electron chi connectivity index (χ3n) is 5.92. The molecule has 0 aromatic heterocycles. The molecule has 0 unspecified atom stereocenters. The van der Waals surface area contributed by atoms with E-state index >= 15 is 0 Å². The second kappa shape index (κ2) is 9.22. The topological polar surface area (TPSA) is 69.7 Å². The van der Waals surface area contributed by atoms with Crippen LogP contribution in [0.25, 0.3) is 10.8 Å². The third kappa shape index (κ3) is 4.08. The van der Waals surface area contributed by atoms with E-state index in [1.165, 1.54) is 4.90 Å². The van der Waals surface area contributed by atoms with Crippen LogP contribution in [-0.2, 0) is 4.79 Å². The molecule has 0 spiro atoms. The molecule has 1 heterocycles. The highest BCUT2D eigenvalue weighted by Gasteiger charge is 2.32. The zero-order chi connectivity index (χ0) is 22.7. The fourth-order valence-corrected chi connectivity index (χ4v) is 4.25. The van der Waals surface area contributed by atoms with Crippen LogP contribution in [0.3, 0.4) is 0 Å². The van der Waals surface area contributed by atoms with Crippen molar-refractivity contribution in [2.75, 3.05) is 29.9 Å². The highest BCUT2D eigenvalue weighted by Crippen LogP contribution is 2.30. The summed E-state index contributed by atoms with van der Waals surface area (Å²) in [6.45, 7) is 6.27. The molecule has 0 atom stereocenters. The van der Waals surface area contributed by atoms with Crippen LogP contribution in [0.5, 0.6) is 0 Å². The van der Waals surface area contributed by atoms with E-state index in [4.69, 9.17) is 0 Å². The van der Waals surface area contributed by atoms with Gasteiger partial charge in [0.1, 0.15) is 0 Å². The first-order valence-corrected chi connectivity index (χ1v) is 11.1. The molecule has 3 aromatic rings. The van der Waals surface area contributed by atoms with Crippen molar-refractivity contribution >= 4 is 39.9 Å². The monoisotopic (exact) mass is 429 g/mol. The number of imide groups is 1. The van der Waals surface area contributed by atoms with E-state index in [-0.39, 0.29) is 30.7 Å². The minimum atomic E-state index is -0.299. The Morgan fingerprint density at radius 2 is 1.47 bits per heavy atom. The van der Waals surface area contributed by atoms with Gasteiger partial charge in [0, 0.05) is 53.9 Å². The Morgan fingerprint density at radius 3 is 2.03 bits per heavy atom. The molecule has 1 N–H and O–H groups in total. The number of nitrogens with one attached hydrogen (secondary N) is 1. The van der Waals surface area contributed by atoms with E-state index in [2.05, 4.69) is 24.1 Å². The SMILES string of the molecule is CCN(CC)c1ccc(NC(=O)CCCN2C(=O)c3cccc4cccc(c34)C2=O)cc1. The van der Waals surface area contributed by atoms with E-state index < -0.39 is 0 Å². The van der Waals surface area contributed by atoms with Crippen molar-refractivity contribution in [3.8, 4) is 0 Å². The van der Waals surface area contributed by atoms with Gasteiger partial charge in [0.2, 0.25) is 5.91 Å². The lowest BCUT2D eigenvalue weighted by atomic mass is 9.94. The maximum absolute atomic E-state index is 12.9. The summed E-state index contributed by atoms with van der Waals surface area (Å²) in [4.78, 5) is 41.7. The summed E-state index contributed by atoms with van der Waals surface area (Å²) in [5.74, 6) is -0.738. The van der Waals surface area contributed by atoms with Gasteiger partial charge in [0.05, 0.1) is 0 Å². The normalized spacial score (nSPS) is 12.9. The van der Waals surface area contributed by atoms with Gasteiger partial charge in [-0.1, -0.05) is 24.3 Å².